The van der Waals surface area contributed by atoms with E-state index in [2.05, 4.69) is 32.2 Å². The zero-order valence-electron chi connectivity index (χ0n) is 13.6. The average Bonchev–Trinajstić information content (AvgIpc) is 3.07. The number of hydrogen-bond acceptors (Lipinski definition) is 4. The molecule has 134 valence electrons. The summed E-state index contributed by atoms with van der Waals surface area (Å²) >= 11 is 15.8. The number of allylic oxidation sites excluding steroid dienone is 1. The highest BCUT2D eigenvalue weighted by atomic mass is 79.9. The van der Waals surface area contributed by atoms with E-state index in [1.165, 1.54) is 0 Å². The first-order chi connectivity index (χ1) is 13.0. The Hall–Kier alpha value is -2.46. The molecule has 27 heavy (non-hydrogen) atoms. The highest BCUT2D eigenvalue weighted by molar-refractivity contribution is 9.10. The minimum absolute atomic E-state index is 0.0398. The van der Waals surface area contributed by atoms with Crippen molar-refractivity contribution in [2.75, 3.05) is 0 Å². The van der Waals surface area contributed by atoms with Gasteiger partial charge in [0, 0.05) is 10.0 Å². The van der Waals surface area contributed by atoms with Gasteiger partial charge in [0.2, 0.25) is 11.8 Å². The van der Waals surface area contributed by atoms with E-state index in [4.69, 9.17) is 33.7 Å². The van der Waals surface area contributed by atoms with Gasteiger partial charge in [-0.25, -0.2) is 0 Å². The van der Waals surface area contributed by atoms with Crippen molar-refractivity contribution in [3.8, 4) is 23.2 Å². The lowest BCUT2D eigenvalue weighted by molar-refractivity contribution is 0.379. The zero-order valence-corrected chi connectivity index (χ0v) is 16.7. The van der Waals surface area contributed by atoms with Crippen molar-refractivity contribution in [2.24, 2.45) is 5.73 Å². The van der Waals surface area contributed by atoms with Gasteiger partial charge in [0.05, 0.1) is 27.2 Å². The first kappa shape index (κ1) is 17.9. The van der Waals surface area contributed by atoms with Crippen molar-refractivity contribution >= 4 is 39.1 Å². The van der Waals surface area contributed by atoms with Gasteiger partial charge in [-0.15, -0.1) is 5.10 Å². The van der Waals surface area contributed by atoms with Gasteiger partial charge in [0.25, 0.3) is 0 Å². The summed E-state index contributed by atoms with van der Waals surface area (Å²) in [4.78, 5) is 0. The van der Waals surface area contributed by atoms with Crippen LogP contribution in [0.2, 0.25) is 10.0 Å². The van der Waals surface area contributed by atoms with Gasteiger partial charge in [-0.3, -0.25) is 5.10 Å². The van der Waals surface area contributed by atoms with Gasteiger partial charge in [-0.2, -0.15) is 5.26 Å². The van der Waals surface area contributed by atoms with E-state index in [0.29, 0.717) is 32.8 Å². The van der Waals surface area contributed by atoms with Crippen LogP contribution in [0.3, 0.4) is 0 Å². The van der Waals surface area contributed by atoms with Crippen LogP contribution in [0.4, 0.5) is 0 Å². The maximum atomic E-state index is 9.74. The van der Waals surface area contributed by atoms with Crippen LogP contribution < -0.4 is 10.5 Å². The summed E-state index contributed by atoms with van der Waals surface area (Å²) in [6.07, 6.45) is 0. The van der Waals surface area contributed by atoms with Crippen LogP contribution in [0, 0.1) is 11.3 Å². The van der Waals surface area contributed by atoms with Crippen molar-refractivity contribution < 1.29 is 4.74 Å². The van der Waals surface area contributed by atoms with Gasteiger partial charge >= 0.3 is 0 Å². The third-order valence-electron chi connectivity index (χ3n) is 4.36. The number of nitrogens with zero attached hydrogens (tertiary/aromatic N) is 2. The Balaban J connectivity index is 1.98. The molecule has 2 heterocycles. The summed E-state index contributed by atoms with van der Waals surface area (Å²) in [5, 5.41) is 17.8. The summed E-state index contributed by atoms with van der Waals surface area (Å²) in [5.74, 6) is -0.0798. The Morgan fingerprint density at radius 1 is 1.19 bits per heavy atom. The summed E-state index contributed by atoms with van der Waals surface area (Å²) in [6.45, 7) is 0. The van der Waals surface area contributed by atoms with E-state index >= 15 is 0 Å². The fourth-order valence-corrected chi connectivity index (χ4v) is 3.95. The van der Waals surface area contributed by atoms with Gasteiger partial charge in [0.1, 0.15) is 11.6 Å². The van der Waals surface area contributed by atoms with Crippen LogP contribution in [0.5, 0.6) is 5.88 Å². The summed E-state index contributed by atoms with van der Waals surface area (Å²) in [5.41, 5.74) is 9.37. The molecule has 0 unspecified atom stereocenters. The van der Waals surface area contributed by atoms with E-state index in [9.17, 15) is 5.26 Å². The van der Waals surface area contributed by atoms with E-state index in [0.717, 1.165) is 15.6 Å². The molecule has 1 atom stereocenters. The van der Waals surface area contributed by atoms with Crippen LogP contribution in [0.25, 0.3) is 11.3 Å². The molecule has 0 spiro atoms. The number of H-pyrrole nitrogens is 1. The lowest BCUT2D eigenvalue weighted by Gasteiger charge is -2.25. The highest BCUT2D eigenvalue weighted by Gasteiger charge is 2.36. The molecule has 1 aromatic heterocycles. The molecule has 4 rings (SSSR count). The molecule has 0 amide bonds. The van der Waals surface area contributed by atoms with E-state index in [1.54, 1.807) is 12.1 Å². The minimum atomic E-state index is -0.447. The van der Waals surface area contributed by atoms with Crippen molar-refractivity contribution in [2.45, 2.75) is 5.92 Å². The molecule has 0 saturated carbocycles. The second kappa shape index (κ2) is 6.93. The van der Waals surface area contributed by atoms with Crippen LogP contribution in [-0.4, -0.2) is 10.2 Å². The number of nitrogens with one attached hydrogen (secondary N) is 1. The number of halogens is 3. The maximum absolute atomic E-state index is 9.74. The molecule has 0 bridgehead atoms. The Bertz CT molecular complexity index is 1130. The summed E-state index contributed by atoms with van der Waals surface area (Å²) in [6, 6.07) is 15.1. The number of fused-ring (bicyclic) bond motifs is 1. The molecule has 0 fully saturated rings. The molecule has 0 aliphatic carbocycles. The van der Waals surface area contributed by atoms with Gasteiger partial charge in [-0.05, 0) is 23.8 Å². The molecular weight excluding hydrogens is 451 g/mol. The largest absolute Gasteiger partial charge is 0.420 e. The lowest BCUT2D eigenvalue weighted by atomic mass is 9.83. The minimum Gasteiger partial charge on any atom is -0.420 e. The summed E-state index contributed by atoms with van der Waals surface area (Å²) in [7, 11) is 0. The smallest absolute Gasteiger partial charge is 0.244 e. The normalized spacial score (nSPS) is 15.9. The number of hydrogen-bond donors (Lipinski definition) is 2. The summed E-state index contributed by atoms with van der Waals surface area (Å²) < 4.78 is 6.45. The molecule has 5 nitrogen and oxygen atoms in total. The topological polar surface area (TPSA) is 87.7 Å². The second-order valence-electron chi connectivity index (χ2n) is 5.89. The predicted octanol–water partition coefficient (Wildman–Crippen LogP) is 5.36. The molecule has 3 N–H and O–H groups in total. The first-order valence-electron chi connectivity index (χ1n) is 7.87. The molecule has 0 radical (unpaired) electrons. The Kier molecular flexibility index (Phi) is 4.60. The first-order valence-corrected chi connectivity index (χ1v) is 9.42. The van der Waals surface area contributed by atoms with E-state index in [1.807, 2.05) is 30.3 Å². The van der Waals surface area contributed by atoms with Crippen molar-refractivity contribution in [3.63, 3.8) is 0 Å². The third kappa shape index (κ3) is 2.98. The Morgan fingerprint density at radius 3 is 2.67 bits per heavy atom. The van der Waals surface area contributed by atoms with Crippen LogP contribution in [-0.2, 0) is 0 Å². The standard InChI is InChI=1S/C19H11BrCl2N4O/c20-12-4-2-1-3-10(12)15-11(8-23)18(24)27-19-16(15)17(25-26-19)9-5-6-13(21)14(22)7-9/h1-7,15H,24H2,(H,25,26)/t15-/m0/s1. The molecule has 2 aromatic carbocycles. The molecule has 0 saturated heterocycles. The van der Waals surface area contributed by atoms with Gasteiger partial charge < -0.3 is 10.5 Å². The number of rotatable bonds is 2. The number of benzene rings is 2. The third-order valence-corrected chi connectivity index (χ3v) is 5.82. The van der Waals surface area contributed by atoms with E-state index < -0.39 is 5.92 Å². The van der Waals surface area contributed by atoms with Gasteiger partial charge in [0.15, 0.2) is 0 Å². The van der Waals surface area contributed by atoms with Crippen LogP contribution >= 0.6 is 39.1 Å². The predicted molar refractivity (Wildman–Crippen MR) is 107 cm³/mol. The Labute approximate surface area is 173 Å². The number of nitriles is 1. The van der Waals surface area contributed by atoms with Crippen molar-refractivity contribution in [1.82, 2.24) is 10.2 Å². The monoisotopic (exact) mass is 460 g/mol. The van der Waals surface area contributed by atoms with Crippen molar-refractivity contribution in [1.29, 1.82) is 5.26 Å². The SMILES string of the molecule is N#CC1=C(N)Oc2n[nH]c(-c3ccc(Cl)c(Cl)c3)c2[C@H]1c1ccccc1Br. The zero-order chi connectivity index (χ0) is 19.1. The molecule has 8 heteroatoms. The fourth-order valence-electron chi connectivity index (χ4n) is 3.14. The van der Waals surface area contributed by atoms with Crippen molar-refractivity contribution in [3.05, 3.63) is 79.6 Å². The van der Waals surface area contributed by atoms with Crippen LogP contribution in [0.1, 0.15) is 17.0 Å². The van der Waals surface area contributed by atoms with E-state index in [-0.39, 0.29) is 5.88 Å². The molecular formula is C19H11BrCl2N4O. The Morgan fingerprint density at radius 2 is 1.96 bits per heavy atom. The fraction of sp³-hybridized carbons (Fsp3) is 0.0526. The molecule has 1 aliphatic rings. The number of aromatic nitrogens is 2. The quantitative estimate of drug-likeness (QED) is 0.537. The number of aromatic amines is 1. The maximum Gasteiger partial charge on any atom is 0.244 e. The molecule has 3 aromatic rings. The number of nitrogens with two attached hydrogens (primary N) is 1. The van der Waals surface area contributed by atoms with Gasteiger partial charge in [-0.1, -0.05) is 63.4 Å². The number of ether oxygens (including phenoxy) is 1. The lowest BCUT2D eigenvalue weighted by Crippen LogP contribution is -2.21. The second-order valence-corrected chi connectivity index (χ2v) is 7.56. The average molecular weight is 462 g/mol. The molecule has 1 aliphatic heterocycles. The van der Waals surface area contributed by atoms with Crippen LogP contribution in [0.15, 0.2) is 58.4 Å². The highest BCUT2D eigenvalue weighted by Crippen LogP contribution is 2.47.